The van der Waals surface area contributed by atoms with Gasteiger partial charge in [0.05, 0.1) is 22.6 Å². The van der Waals surface area contributed by atoms with Crippen LogP contribution >= 0.6 is 11.6 Å². The Hall–Kier alpha value is -5.29. The first-order chi connectivity index (χ1) is 21.6. The van der Waals surface area contributed by atoms with E-state index in [-0.39, 0.29) is 39.8 Å². The van der Waals surface area contributed by atoms with Crippen LogP contribution < -0.4 is 21.4 Å². The predicted octanol–water partition coefficient (Wildman–Crippen LogP) is 4.95. The SMILES string of the molecule is C=C(c1cc(C(=O)NC2CC2)cc(-c2cccc(C3=CC(NC(=O)Nc4c(O)cncc4Cl)=C(C=O)N(CC)N3)c2)c1)N(C)C. The van der Waals surface area contributed by atoms with Crippen LogP contribution in [0.3, 0.4) is 0 Å². The molecule has 11 nitrogen and oxygen atoms in total. The van der Waals surface area contributed by atoms with Crippen LogP contribution in [0, 0.1) is 0 Å². The molecule has 0 radical (unpaired) electrons. The molecule has 3 aromatic rings. The van der Waals surface area contributed by atoms with Crippen molar-refractivity contribution in [2.45, 2.75) is 25.8 Å². The molecule has 45 heavy (non-hydrogen) atoms. The number of halogens is 1. The van der Waals surface area contributed by atoms with Gasteiger partial charge in [-0.1, -0.05) is 36.4 Å². The molecule has 0 spiro atoms. The van der Waals surface area contributed by atoms with Crippen LogP contribution in [0.5, 0.6) is 5.75 Å². The number of aldehydes is 1. The Labute approximate surface area is 266 Å². The summed E-state index contributed by atoms with van der Waals surface area (Å²) in [6, 6.07) is 12.9. The van der Waals surface area contributed by atoms with Gasteiger partial charge in [0.15, 0.2) is 12.0 Å². The summed E-state index contributed by atoms with van der Waals surface area (Å²) in [5.41, 5.74) is 8.89. The van der Waals surface area contributed by atoms with Gasteiger partial charge < -0.3 is 26.0 Å². The van der Waals surface area contributed by atoms with Crippen LogP contribution in [0.2, 0.25) is 5.02 Å². The summed E-state index contributed by atoms with van der Waals surface area (Å²) >= 11 is 6.09. The minimum absolute atomic E-state index is 0.0139. The largest absolute Gasteiger partial charge is 0.504 e. The number of carbonyl (C=O) groups is 3. The highest BCUT2D eigenvalue weighted by Gasteiger charge is 2.25. The van der Waals surface area contributed by atoms with Crippen molar-refractivity contribution in [3.63, 3.8) is 0 Å². The average molecular weight is 628 g/mol. The maximum Gasteiger partial charge on any atom is 0.323 e. The Balaban J connectivity index is 1.49. The predicted molar refractivity (Wildman–Crippen MR) is 175 cm³/mol. The number of carbonyl (C=O) groups excluding carboxylic acids is 3. The monoisotopic (exact) mass is 627 g/mol. The van der Waals surface area contributed by atoms with Crippen LogP contribution in [-0.2, 0) is 4.79 Å². The molecule has 1 aliphatic carbocycles. The van der Waals surface area contributed by atoms with E-state index in [1.54, 1.807) is 11.1 Å². The molecule has 5 N–H and O–H groups in total. The molecule has 1 aromatic heterocycles. The molecule has 5 rings (SSSR count). The summed E-state index contributed by atoms with van der Waals surface area (Å²) in [5, 5.41) is 20.0. The lowest BCUT2D eigenvalue weighted by atomic mass is 9.96. The number of likely N-dealkylation sites (N-methyl/N-ethyl adjacent to an activating group) is 1. The molecule has 2 aliphatic rings. The molecule has 0 unspecified atom stereocenters. The molecule has 232 valence electrons. The highest BCUT2D eigenvalue weighted by atomic mass is 35.5. The van der Waals surface area contributed by atoms with Crippen molar-refractivity contribution in [1.82, 2.24) is 31.0 Å². The van der Waals surface area contributed by atoms with Gasteiger partial charge in [-0.3, -0.25) is 25.0 Å². The molecular formula is C33H34ClN7O4. The highest BCUT2D eigenvalue weighted by molar-refractivity contribution is 6.34. The van der Waals surface area contributed by atoms with Crippen molar-refractivity contribution in [3.05, 3.63) is 101 Å². The lowest BCUT2D eigenvalue weighted by Crippen LogP contribution is -2.42. The van der Waals surface area contributed by atoms with E-state index in [0.29, 0.717) is 24.1 Å². The first-order valence-corrected chi connectivity index (χ1v) is 14.7. The Morgan fingerprint density at radius 3 is 2.51 bits per heavy atom. The fourth-order valence-corrected chi connectivity index (χ4v) is 4.95. The third kappa shape index (κ3) is 7.10. The Morgan fingerprint density at radius 2 is 1.84 bits per heavy atom. The summed E-state index contributed by atoms with van der Waals surface area (Å²) in [7, 11) is 3.81. The number of benzene rings is 2. The van der Waals surface area contributed by atoms with Gasteiger partial charge in [0, 0.05) is 49.7 Å². The summed E-state index contributed by atoms with van der Waals surface area (Å²) in [5.74, 6) is -0.428. The summed E-state index contributed by atoms with van der Waals surface area (Å²) < 4.78 is 0. The van der Waals surface area contributed by atoms with Gasteiger partial charge in [-0.2, -0.15) is 0 Å². The first kappa shape index (κ1) is 31.1. The zero-order valence-corrected chi connectivity index (χ0v) is 25.9. The van der Waals surface area contributed by atoms with Gasteiger partial charge >= 0.3 is 6.03 Å². The highest BCUT2D eigenvalue weighted by Crippen LogP contribution is 2.32. The van der Waals surface area contributed by atoms with Crippen molar-refractivity contribution in [3.8, 4) is 16.9 Å². The van der Waals surface area contributed by atoms with Crippen molar-refractivity contribution in [2.24, 2.45) is 0 Å². The van der Waals surface area contributed by atoms with Crippen LogP contribution in [0.25, 0.3) is 22.5 Å². The van der Waals surface area contributed by atoms with Crippen molar-refractivity contribution in [1.29, 1.82) is 0 Å². The van der Waals surface area contributed by atoms with Gasteiger partial charge in [0.25, 0.3) is 5.91 Å². The third-order valence-electron chi connectivity index (χ3n) is 7.39. The van der Waals surface area contributed by atoms with Crippen LogP contribution in [-0.4, -0.2) is 64.9 Å². The standard InChI is InChI=1S/C33H34ClN7O4/c1-5-41-29(18-42)28(37-33(45)38-31-26(34)16-35-17-30(31)43)15-27(39-41)21-8-6-7-20(11-21)23-12-22(19(2)40(3)4)13-24(14-23)32(44)36-25-9-10-25/h6-8,11-18,25,39,43H,2,5,9-10H2,1,3-4H3,(H,36,44)(H2,35,37,38,45). The van der Waals surface area contributed by atoms with E-state index in [1.165, 1.54) is 6.20 Å². The summed E-state index contributed by atoms with van der Waals surface area (Å²) in [6.45, 7) is 6.46. The van der Waals surface area contributed by atoms with E-state index in [1.807, 2.05) is 68.4 Å². The maximum absolute atomic E-state index is 13.1. The minimum atomic E-state index is -0.718. The molecule has 1 saturated carbocycles. The van der Waals surface area contributed by atoms with Gasteiger partial charge in [-0.05, 0) is 66.8 Å². The number of allylic oxidation sites excluding steroid dienone is 2. The number of urea groups is 1. The number of aromatic nitrogens is 1. The maximum atomic E-state index is 13.1. The molecule has 0 saturated heterocycles. The zero-order valence-electron chi connectivity index (χ0n) is 25.1. The number of anilines is 1. The topological polar surface area (TPSA) is 139 Å². The van der Waals surface area contributed by atoms with Gasteiger partial charge in [-0.15, -0.1) is 0 Å². The molecule has 12 heteroatoms. The number of nitrogens with one attached hydrogen (secondary N) is 4. The smallest absolute Gasteiger partial charge is 0.323 e. The second-order valence-corrected chi connectivity index (χ2v) is 11.3. The number of aromatic hydroxyl groups is 1. The lowest BCUT2D eigenvalue weighted by Gasteiger charge is -2.32. The number of hydrazine groups is 1. The molecule has 0 atom stereocenters. The van der Waals surface area contributed by atoms with Crippen LogP contribution in [0.15, 0.2) is 78.9 Å². The van der Waals surface area contributed by atoms with Gasteiger partial charge in [0.1, 0.15) is 11.4 Å². The van der Waals surface area contributed by atoms with Gasteiger partial charge in [0.2, 0.25) is 0 Å². The second kappa shape index (κ2) is 13.1. The minimum Gasteiger partial charge on any atom is -0.504 e. The lowest BCUT2D eigenvalue weighted by molar-refractivity contribution is -0.106. The Kier molecular flexibility index (Phi) is 9.10. The van der Waals surface area contributed by atoms with Gasteiger partial charge in [-0.25, -0.2) is 4.79 Å². The Morgan fingerprint density at radius 1 is 1.11 bits per heavy atom. The quantitative estimate of drug-likeness (QED) is 0.199. The Bertz CT molecular complexity index is 1730. The third-order valence-corrected chi connectivity index (χ3v) is 7.68. The number of nitrogens with zero attached hydrogens (tertiary/aromatic N) is 3. The number of rotatable bonds is 10. The van der Waals surface area contributed by atoms with E-state index in [4.69, 9.17) is 11.6 Å². The number of pyridine rings is 1. The zero-order chi connectivity index (χ0) is 32.2. The van der Waals surface area contributed by atoms with E-state index in [9.17, 15) is 19.5 Å². The number of hydrogen-bond acceptors (Lipinski definition) is 8. The average Bonchev–Trinajstić information content (AvgIpc) is 3.85. The summed E-state index contributed by atoms with van der Waals surface area (Å²) in [4.78, 5) is 43.8. The second-order valence-electron chi connectivity index (χ2n) is 10.9. The van der Waals surface area contributed by atoms with E-state index in [2.05, 4.69) is 32.9 Å². The first-order valence-electron chi connectivity index (χ1n) is 14.4. The number of amides is 3. The van der Waals surface area contributed by atoms with Crippen molar-refractivity contribution in [2.75, 3.05) is 26.0 Å². The molecule has 3 amide bonds. The van der Waals surface area contributed by atoms with E-state index >= 15 is 0 Å². The molecule has 1 fully saturated rings. The van der Waals surface area contributed by atoms with E-state index in [0.717, 1.165) is 47.0 Å². The number of hydrogen-bond donors (Lipinski definition) is 5. The fraction of sp³-hybridized carbons (Fsp3) is 0.212. The van der Waals surface area contributed by atoms with Crippen LogP contribution in [0.1, 0.15) is 41.3 Å². The molecule has 2 aromatic carbocycles. The normalized spacial score (nSPS) is 14.2. The van der Waals surface area contributed by atoms with E-state index < -0.39 is 6.03 Å². The fourth-order valence-electron chi connectivity index (χ4n) is 4.75. The van der Waals surface area contributed by atoms with Crippen molar-refractivity contribution < 1.29 is 19.5 Å². The molecule has 0 bridgehead atoms. The summed E-state index contributed by atoms with van der Waals surface area (Å²) in [6.07, 6.45) is 6.71. The molecule has 1 aliphatic heterocycles. The van der Waals surface area contributed by atoms with Crippen molar-refractivity contribution >= 4 is 46.9 Å². The molecule has 2 heterocycles. The van der Waals surface area contributed by atoms with Crippen LogP contribution in [0.4, 0.5) is 10.5 Å². The molecular weight excluding hydrogens is 594 g/mol.